The first-order valence-electron chi connectivity index (χ1n) is 9.23. The molecule has 1 aromatic carbocycles. The van der Waals surface area contributed by atoms with Crippen LogP contribution in [0.2, 0.25) is 0 Å². The van der Waals surface area contributed by atoms with E-state index in [4.69, 9.17) is 0 Å². The number of hydrogen-bond donors (Lipinski definition) is 2. The highest BCUT2D eigenvalue weighted by Gasteiger charge is 2.24. The van der Waals surface area contributed by atoms with Crippen molar-refractivity contribution in [2.45, 2.75) is 46.1 Å². The average molecular weight is 319 g/mol. The Labute approximate surface area is 141 Å². The molecular weight excluding hydrogens is 286 g/mol. The van der Waals surface area contributed by atoms with Gasteiger partial charge in [0.25, 0.3) is 0 Å². The molecule has 0 aliphatic carbocycles. The minimum atomic E-state index is 0.336. The highest BCUT2D eigenvalue weighted by molar-refractivity contribution is 5.54. The number of hydrogen-bond acceptors (Lipinski definition) is 4. The van der Waals surface area contributed by atoms with Crippen molar-refractivity contribution in [3.8, 4) is 5.75 Å². The van der Waals surface area contributed by atoms with Crippen LogP contribution < -0.4 is 10.2 Å². The highest BCUT2D eigenvalue weighted by atomic mass is 16.3. The number of phenols is 1. The Bertz CT molecular complexity index is 468. The number of unbranched alkanes of at least 4 members (excludes halogenated alkanes) is 1. The highest BCUT2D eigenvalue weighted by Crippen LogP contribution is 2.35. The van der Waals surface area contributed by atoms with E-state index in [1.807, 2.05) is 6.07 Å². The van der Waals surface area contributed by atoms with Crippen molar-refractivity contribution < 1.29 is 5.11 Å². The van der Waals surface area contributed by atoms with Gasteiger partial charge in [0.05, 0.1) is 0 Å². The zero-order valence-electron chi connectivity index (χ0n) is 15.0. The summed E-state index contributed by atoms with van der Waals surface area (Å²) >= 11 is 0. The lowest BCUT2D eigenvalue weighted by Gasteiger charge is -2.36. The molecule has 0 amide bonds. The summed E-state index contributed by atoms with van der Waals surface area (Å²) in [5.41, 5.74) is 2.21. The second-order valence-electron chi connectivity index (χ2n) is 6.36. The van der Waals surface area contributed by atoms with Crippen molar-refractivity contribution in [3.63, 3.8) is 0 Å². The van der Waals surface area contributed by atoms with E-state index in [9.17, 15) is 5.11 Å². The maximum absolute atomic E-state index is 10.7. The van der Waals surface area contributed by atoms with E-state index in [-0.39, 0.29) is 0 Å². The third kappa shape index (κ3) is 4.61. The molecule has 23 heavy (non-hydrogen) atoms. The predicted molar refractivity (Wildman–Crippen MR) is 98.4 cm³/mol. The molecule has 2 rings (SSSR count). The minimum Gasteiger partial charge on any atom is -0.508 e. The lowest BCUT2D eigenvalue weighted by Crippen LogP contribution is -2.45. The van der Waals surface area contributed by atoms with Gasteiger partial charge in [0, 0.05) is 62.6 Å². The second kappa shape index (κ2) is 9.14. The Balaban J connectivity index is 2.23. The van der Waals surface area contributed by atoms with Crippen molar-refractivity contribution in [2.75, 3.05) is 44.2 Å². The van der Waals surface area contributed by atoms with Gasteiger partial charge in [0.1, 0.15) is 5.75 Å². The molecule has 0 bridgehead atoms. The van der Waals surface area contributed by atoms with Crippen molar-refractivity contribution in [1.29, 1.82) is 0 Å². The molecule has 1 atom stereocenters. The fourth-order valence-corrected chi connectivity index (χ4v) is 3.53. The second-order valence-corrected chi connectivity index (χ2v) is 6.36. The minimum absolute atomic E-state index is 0.336. The molecule has 1 aromatic rings. The summed E-state index contributed by atoms with van der Waals surface area (Å²) in [5.74, 6) is 0.453. The summed E-state index contributed by atoms with van der Waals surface area (Å²) in [6.45, 7) is 12.7. The van der Waals surface area contributed by atoms with Gasteiger partial charge in [0.15, 0.2) is 0 Å². The zero-order valence-corrected chi connectivity index (χ0v) is 15.0. The van der Waals surface area contributed by atoms with Gasteiger partial charge < -0.3 is 15.3 Å². The molecule has 130 valence electrons. The first kappa shape index (κ1) is 18.1. The zero-order chi connectivity index (χ0) is 16.7. The molecule has 0 aromatic heterocycles. The van der Waals surface area contributed by atoms with Crippen LogP contribution in [0.15, 0.2) is 18.2 Å². The lowest BCUT2D eigenvalue weighted by atomic mass is 9.97. The van der Waals surface area contributed by atoms with Gasteiger partial charge in [0.2, 0.25) is 0 Å². The molecule has 0 saturated carbocycles. The number of benzene rings is 1. The van der Waals surface area contributed by atoms with Crippen LogP contribution in [-0.2, 0) is 0 Å². The van der Waals surface area contributed by atoms with E-state index in [1.54, 1.807) is 0 Å². The molecule has 1 heterocycles. The van der Waals surface area contributed by atoms with Crippen LogP contribution in [0.3, 0.4) is 0 Å². The molecular formula is C19H33N3O. The summed E-state index contributed by atoms with van der Waals surface area (Å²) in [7, 11) is 0. The smallest absolute Gasteiger partial charge is 0.122 e. The molecule has 1 aliphatic heterocycles. The third-order valence-corrected chi connectivity index (χ3v) is 4.93. The molecule has 0 unspecified atom stereocenters. The summed E-state index contributed by atoms with van der Waals surface area (Å²) in [5, 5.41) is 14.1. The summed E-state index contributed by atoms with van der Waals surface area (Å²) < 4.78 is 0. The molecule has 1 fully saturated rings. The third-order valence-electron chi connectivity index (χ3n) is 4.93. The van der Waals surface area contributed by atoms with Crippen LogP contribution in [0.1, 0.15) is 51.6 Å². The maximum atomic E-state index is 10.7. The molecule has 1 saturated heterocycles. The maximum Gasteiger partial charge on any atom is 0.122 e. The van der Waals surface area contributed by atoms with Crippen LogP contribution in [-0.4, -0.2) is 49.3 Å². The van der Waals surface area contributed by atoms with E-state index >= 15 is 0 Å². The quantitative estimate of drug-likeness (QED) is 0.770. The normalized spacial score (nSPS) is 17.2. The van der Waals surface area contributed by atoms with Gasteiger partial charge in [-0.15, -0.1) is 0 Å². The van der Waals surface area contributed by atoms with Crippen molar-refractivity contribution in [3.05, 3.63) is 23.8 Å². The fourth-order valence-electron chi connectivity index (χ4n) is 3.53. The number of nitrogens with zero attached hydrogens (tertiary/aromatic N) is 2. The van der Waals surface area contributed by atoms with Crippen LogP contribution in [0.25, 0.3) is 0 Å². The molecule has 4 nitrogen and oxygen atoms in total. The molecule has 2 N–H and O–H groups in total. The Morgan fingerprint density at radius 3 is 2.43 bits per heavy atom. The van der Waals surface area contributed by atoms with E-state index in [0.29, 0.717) is 11.8 Å². The monoisotopic (exact) mass is 319 g/mol. The number of piperazine rings is 1. The summed E-state index contributed by atoms with van der Waals surface area (Å²) in [4.78, 5) is 4.80. The molecule has 4 heteroatoms. The van der Waals surface area contributed by atoms with Gasteiger partial charge in [-0.05, 0) is 26.3 Å². The largest absolute Gasteiger partial charge is 0.508 e. The molecule has 1 aliphatic rings. The standard InChI is InChI=1S/C19H33N3O/c1-4-7-8-18(22-13-11-20-12-14-22)17-10-9-16(15-19(17)23)21(5-2)6-3/h9-10,15,18,20,23H,4-8,11-14H2,1-3H3/t18-/m0/s1. The number of phenolic OH excluding ortho intramolecular Hbond substituents is 1. The Hall–Kier alpha value is -1.26. The van der Waals surface area contributed by atoms with Gasteiger partial charge in [-0.2, -0.15) is 0 Å². The average Bonchev–Trinajstić information content (AvgIpc) is 2.59. The van der Waals surface area contributed by atoms with Gasteiger partial charge in [-0.3, -0.25) is 4.90 Å². The van der Waals surface area contributed by atoms with Crippen LogP contribution >= 0.6 is 0 Å². The SMILES string of the molecule is CCCC[C@@H](c1ccc(N(CC)CC)cc1O)N1CCNCC1. The molecule has 0 radical (unpaired) electrons. The van der Waals surface area contributed by atoms with Gasteiger partial charge in [-0.1, -0.05) is 25.8 Å². The summed E-state index contributed by atoms with van der Waals surface area (Å²) in [6.07, 6.45) is 3.52. The van der Waals surface area contributed by atoms with E-state index in [2.05, 4.69) is 48.0 Å². The Morgan fingerprint density at radius 1 is 1.17 bits per heavy atom. The fraction of sp³-hybridized carbons (Fsp3) is 0.684. The van der Waals surface area contributed by atoms with E-state index in [1.165, 1.54) is 12.8 Å². The first-order chi connectivity index (χ1) is 11.2. The van der Waals surface area contributed by atoms with E-state index < -0.39 is 0 Å². The van der Waals surface area contributed by atoms with Crippen molar-refractivity contribution in [1.82, 2.24) is 10.2 Å². The van der Waals surface area contributed by atoms with Gasteiger partial charge >= 0.3 is 0 Å². The van der Waals surface area contributed by atoms with Gasteiger partial charge in [-0.25, -0.2) is 0 Å². The number of anilines is 1. The number of nitrogens with one attached hydrogen (secondary N) is 1. The molecule has 0 spiro atoms. The summed E-state index contributed by atoms with van der Waals surface area (Å²) in [6, 6.07) is 6.60. The van der Waals surface area contributed by atoms with Crippen molar-refractivity contribution >= 4 is 5.69 Å². The predicted octanol–water partition coefficient (Wildman–Crippen LogP) is 3.37. The van der Waals surface area contributed by atoms with Crippen LogP contribution in [0.4, 0.5) is 5.69 Å². The Kier molecular flexibility index (Phi) is 7.18. The van der Waals surface area contributed by atoms with E-state index in [0.717, 1.165) is 56.9 Å². The van der Waals surface area contributed by atoms with Crippen molar-refractivity contribution in [2.24, 2.45) is 0 Å². The number of aromatic hydroxyl groups is 1. The topological polar surface area (TPSA) is 38.7 Å². The first-order valence-corrected chi connectivity index (χ1v) is 9.23. The Morgan fingerprint density at radius 2 is 1.87 bits per heavy atom. The lowest BCUT2D eigenvalue weighted by molar-refractivity contribution is 0.160. The van der Waals surface area contributed by atoms with Crippen LogP contribution in [0.5, 0.6) is 5.75 Å². The van der Waals surface area contributed by atoms with Crippen LogP contribution in [0, 0.1) is 0 Å². The number of rotatable bonds is 8.